The SMILES string of the molecule is C#CCCC1(C(=O)O)CCCC1. The lowest BCUT2D eigenvalue weighted by Crippen LogP contribution is -2.27. The molecule has 2 heteroatoms. The van der Waals surface area contributed by atoms with Crippen molar-refractivity contribution >= 4 is 5.97 Å². The van der Waals surface area contributed by atoms with E-state index in [0.717, 1.165) is 25.7 Å². The van der Waals surface area contributed by atoms with Crippen LogP contribution in [0.25, 0.3) is 0 Å². The van der Waals surface area contributed by atoms with Crippen molar-refractivity contribution in [2.45, 2.75) is 38.5 Å². The van der Waals surface area contributed by atoms with E-state index >= 15 is 0 Å². The van der Waals surface area contributed by atoms with Gasteiger partial charge in [0.15, 0.2) is 0 Å². The van der Waals surface area contributed by atoms with Crippen molar-refractivity contribution in [1.29, 1.82) is 0 Å². The van der Waals surface area contributed by atoms with Gasteiger partial charge in [-0.25, -0.2) is 0 Å². The molecule has 0 amide bonds. The summed E-state index contributed by atoms with van der Waals surface area (Å²) < 4.78 is 0. The quantitative estimate of drug-likeness (QED) is 0.651. The Hall–Kier alpha value is -0.970. The molecular formula is C10H14O2. The second-order valence-corrected chi connectivity index (χ2v) is 3.50. The Labute approximate surface area is 73.0 Å². The highest BCUT2D eigenvalue weighted by Crippen LogP contribution is 2.41. The van der Waals surface area contributed by atoms with E-state index in [-0.39, 0.29) is 0 Å². The average Bonchev–Trinajstić information content (AvgIpc) is 2.50. The molecule has 1 rings (SSSR count). The summed E-state index contributed by atoms with van der Waals surface area (Å²) in [5.41, 5.74) is -0.480. The number of rotatable bonds is 3. The van der Waals surface area contributed by atoms with E-state index in [9.17, 15) is 4.79 Å². The fraction of sp³-hybridized carbons (Fsp3) is 0.700. The molecule has 0 radical (unpaired) electrons. The highest BCUT2D eigenvalue weighted by atomic mass is 16.4. The van der Waals surface area contributed by atoms with E-state index in [4.69, 9.17) is 11.5 Å². The second-order valence-electron chi connectivity index (χ2n) is 3.50. The molecule has 12 heavy (non-hydrogen) atoms. The molecule has 0 saturated heterocycles. The van der Waals surface area contributed by atoms with Crippen molar-refractivity contribution in [3.05, 3.63) is 0 Å². The van der Waals surface area contributed by atoms with Crippen molar-refractivity contribution < 1.29 is 9.90 Å². The maximum absolute atomic E-state index is 11.0. The van der Waals surface area contributed by atoms with E-state index in [2.05, 4.69) is 5.92 Å². The molecule has 0 aliphatic heterocycles. The van der Waals surface area contributed by atoms with Crippen LogP contribution in [-0.4, -0.2) is 11.1 Å². The highest BCUT2D eigenvalue weighted by molar-refractivity contribution is 5.75. The van der Waals surface area contributed by atoms with Crippen LogP contribution in [-0.2, 0) is 4.79 Å². The molecule has 0 spiro atoms. The third kappa shape index (κ3) is 1.61. The number of hydrogen-bond acceptors (Lipinski definition) is 1. The van der Waals surface area contributed by atoms with Crippen molar-refractivity contribution in [2.75, 3.05) is 0 Å². The topological polar surface area (TPSA) is 37.3 Å². The molecule has 2 nitrogen and oxygen atoms in total. The van der Waals surface area contributed by atoms with Gasteiger partial charge in [0.05, 0.1) is 5.41 Å². The predicted molar refractivity (Wildman–Crippen MR) is 46.6 cm³/mol. The Morgan fingerprint density at radius 3 is 2.50 bits per heavy atom. The van der Waals surface area contributed by atoms with Crippen molar-refractivity contribution in [2.24, 2.45) is 5.41 Å². The molecule has 0 heterocycles. The van der Waals surface area contributed by atoms with Gasteiger partial charge in [-0.2, -0.15) is 0 Å². The van der Waals surface area contributed by atoms with Crippen molar-refractivity contribution in [3.8, 4) is 12.3 Å². The molecule has 0 aromatic rings. The Morgan fingerprint density at radius 2 is 2.08 bits per heavy atom. The lowest BCUT2D eigenvalue weighted by atomic mass is 9.82. The van der Waals surface area contributed by atoms with E-state index in [1.54, 1.807) is 0 Å². The number of terminal acetylenes is 1. The molecule has 1 saturated carbocycles. The first-order valence-electron chi connectivity index (χ1n) is 4.38. The molecular weight excluding hydrogens is 152 g/mol. The lowest BCUT2D eigenvalue weighted by molar-refractivity contribution is -0.149. The Balaban J connectivity index is 2.60. The third-order valence-corrected chi connectivity index (χ3v) is 2.76. The van der Waals surface area contributed by atoms with Gasteiger partial charge in [-0.05, 0) is 19.3 Å². The fourth-order valence-electron chi connectivity index (χ4n) is 1.93. The van der Waals surface area contributed by atoms with Gasteiger partial charge in [0.2, 0.25) is 0 Å². The van der Waals surface area contributed by atoms with Crippen LogP contribution in [0.1, 0.15) is 38.5 Å². The second kappa shape index (κ2) is 3.62. The highest BCUT2D eigenvalue weighted by Gasteiger charge is 2.40. The molecule has 66 valence electrons. The average molecular weight is 166 g/mol. The smallest absolute Gasteiger partial charge is 0.309 e. The van der Waals surface area contributed by atoms with Crippen LogP contribution >= 0.6 is 0 Å². The van der Waals surface area contributed by atoms with Gasteiger partial charge in [-0.15, -0.1) is 12.3 Å². The summed E-state index contributed by atoms with van der Waals surface area (Å²) in [4.78, 5) is 11.0. The molecule has 0 bridgehead atoms. The molecule has 0 unspecified atom stereocenters. The minimum atomic E-state index is -0.657. The lowest BCUT2D eigenvalue weighted by Gasteiger charge is -2.22. The Bertz CT molecular complexity index is 206. The van der Waals surface area contributed by atoms with Crippen LogP contribution < -0.4 is 0 Å². The summed E-state index contributed by atoms with van der Waals surface area (Å²) in [6.45, 7) is 0. The number of hydrogen-bond donors (Lipinski definition) is 1. The standard InChI is InChI=1S/C10H14O2/c1-2-3-6-10(9(11)12)7-4-5-8-10/h1H,3-8H2,(H,11,12). The summed E-state index contributed by atoms with van der Waals surface area (Å²) in [6, 6.07) is 0. The summed E-state index contributed by atoms with van der Waals surface area (Å²) in [5.74, 6) is 1.85. The zero-order chi connectivity index (χ0) is 9.03. The molecule has 1 fully saturated rings. The van der Waals surface area contributed by atoms with Gasteiger partial charge >= 0.3 is 5.97 Å². The van der Waals surface area contributed by atoms with E-state index in [1.165, 1.54) is 0 Å². The first-order chi connectivity index (χ1) is 5.71. The van der Waals surface area contributed by atoms with Crippen molar-refractivity contribution in [3.63, 3.8) is 0 Å². The van der Waals surface area contributed by atoms with Crippen LogP contribution in [0.3, 0.4) is 0 Å². The third-order valence-electron chi connectivity index (χ3n) is 2.76. The Kier molecular flexibility index (Phi) is 2.75. The monoisotopic (exact) mass is 166 g/mol. The van der Waals surface area contributed by atoms with E-state index in [1.807, 2.05) is 0 Å². The van der Waals surface area contributed by atoms with Gasteiger partial charge < -0.3 is 5.11 Å². The molecule has 0 atom stereocenters. The van der Waals surface area contributed by atoms with Crippen LogP contribution in [0.4, 0.5) is 0 Å². The maximum Gasteiger partial charge on any atom is 0.309 e. The van der Waals surface area contributed by atoms with Gasteiger partial charge in [0.25, 0.3) is 0 Å². The first kappa shape index (κ1) is 9.12. The number of carboxylic acids is 1. The summed E-state index contributed by atoms with van der Waals surface area (Å²) >= 11 is 0. The van der Waals surface area contributed by atoms with Crippen LogP contribution in [0.15, 0.2) is 0 Å². The fourth-order valence-corrected chi connectivity index (χ4v) is 1.93. The normalized spacial score (nSPS) is 20.2. The van der Waals surface area contributed by atoms with Gasteiger partial charge in [-0.3, -0.25) is 4.79 Å². The molecule has 1 N–H and O–H groups in total. The van der Waals surface area contributed by atoms with E-state index < -0.39 is 11.4 Å². The van der Waals surface area contributed by atoms with Crippen LogP contribution in [0.2, 0.25) is 0 Å². The molecule has 0 aromatic heterocycles. The van der Waals surface area contributed by atoms with Gasteiger partial charge in [0.1, 0.15) is 0 Å². The minimum Gasteiger partial charge on any atom is -0.481 e. The van der Waals surface area contributed by atoms with Crippen LogP contribution in [0, 0.1) is 17.8 Å². The van der Waals surface area contributed by atoms with Crippen molar-refractivity contribution in [1.82, 2.24) is 0 Å². The van der Waals surface area contributed by atoms with Gasteiger partial charge in [-0.1, -0.05) is 12.8 Å². The first-order valence-corrected chi connectivity index (χ1v) is 4.38. The molecule has 1 aliphatic carbocycles. The number of carboxylic acid groups (broad SMARTS) is 1. The largest absolute Gasteiger partial charge is 0.481 e. The maximum atomic E-state index is 11.0. The summed E-state index contributed by atoms with van der Waals surface area (Å²) in [6.07, 6.45) is 10.1. The zero-order valence-corrected chi connectivity index (χ0v) is 7.18. The number of aliphatic carboxylic acids is 1. The van der Waals surface area contributed by atoms with Crippen LogP contribution in [0.5, 0.6) is 0 Å². The number of carbonyl (C=O) groups is 1. The molecule has 0 aromatic carbocycles. The predicted octanol–water partition coefficient (Wildman–Crippen LogP) is 2.04. The summed E-state index contributed by atoms with van der Waals surface area (Å²) in [5, 5.41) is 9.02. The summed E-state index contributed by atoms with van der Waals surface area (Å²) in [7, 11) is 0. The van der Waals surface area contributed by atoms with E-state index in [0.29, 0.717) is 12.8 Å². The minimum absolute atomic E-state index is 0.480. The molecule has 1 aliphatic rings. The zero-order valence-electron chi connectivity index (χ0n) is 7.18. The Morgan fingerprint density at radius 1 is 1.50 bits per heavy atom. The van der Waals surface area contributed by atoms with Gasteiger partial charge in [0, 0.05) is 6.42 Å².